The summed E-state index contributed by atoms with van der Waals surface area (Å²) in [6, 6.07) is 0. The third-order valence-corrected chi connectivity index (χ3v) is 6.86. The van der Waals surface area contributed by atoms with E-state index in [1.165, 1.54) is 18.4 Å². The summed E-state index contributed by atoms with van der Waals surface area (Å²) in [5.41, 5.74) is 0.700. The molecule has 1 heterocycles. The highest BCUT2D eigenvalue weighted by Crippen LogP contribution is 2.64. The van der Waals surface area contributed by atoms with Gasteiger partial charge >= 0.3 is 5.97 Å². The summed E-state index contributed by atoms with van der Waals surface area (Å²) in [7, 11) is 1.35. The first-order valence-electron chi connectivity index (χ1n) is 7.22. The fourth-order valence-corrected chi connectivity index (χ4v) is 4.84. The molecular weight excluding hydrogens is 345 g/mol. The molecule has 0 unspecified atom stereocenters. The minimum atomic E-state index is -1.03. The molecule has 1 saturated carbocycles. The number of halogens is 2. The molecule has 2 aliphatic carbocycles. The molecule has 1 amide bonds. The predicted octanol–water partition coefficient (Wildman–Crippen LogP) is 3.94. The Hall–Kier alpha value is -0.780. The Balaban J connectivity index is 1.92. The largest absolute Gasteiger partial charge is 0.465 e. The van der Waals surface area contributed by atoms with E-state index in [-0.39, 0.29) is 5.91 Å². The van der Waals surface area contributed by atoms with Crippen molar-refractivity contribution in [2.75, 3.05) is 12.4 Å². The van der Waals surface area contributed by atoms with Gasteiger partial charge in [-0.05, 0) is 44.6 Å². The lowest BCUT2D eigenvalue weighted by Gasteiger charge is -2.13. The summed E-state index contributed by atoms with van der Waals surface area (Å²) < 4.78 is 3.86. The molecule has 0 radical (unpaired) electrons. The van der Waals surface area contributed by atoms with E-state index in [9.17, 15) is 9.59 Å². The average Bonchev–Trinajstić information content (AvgIpc) is 2.83. The lowest BCUT2D eigenvalue weighted by molar-refractivity contribution is -0.120. The van der Waals surface area contributed by atoms with Crippen LogP contribution >= 0.6 is 34.5 Å². The van der Waals surface area contributed by atoms with Gasteiger partial charge in [0.05, 0.1) is 18.1 Å². The number of anilines is 1. The second-order valence-corrected chi connectivity index (χ2v) is 8.66. The molecule has 0 aromatic carbocycles. The van der Waals surface area contributed by atoms with Crippen molar-refractivity contribution >= 4 is 51.4 Å². The van der Waals surface area contributed by atoms with Crippen LogP contribution in [0.2, 0.25) is 0 Å². The molecule has 1 fully saturated rings. The van der Waals surface area contributed by atoms with E-state index in [0.29, 0.717) is 17.0 Å². The highest BCUT2D eigenvalue weighted by molar-refractivity contribution is 7.17. The first-order chi connectivity index (χ1) is 10.3. The van der Waals surface area contributed by atoms with Gasteiger partial charge in [-0.3, -0.25) is 4.79 Å². The monoisotopic (exact) mass is 361 g/mol. The molecule has 1 aromatic rings. The van der Waals surface area contributed by atoms with Gasteiger partial charge < -0.3 is 10.1 Å². The number of rotatable bonds is 3. The van der Waals surface area contributed by atoms with E-state index in [1.54, 1.807) is 6.92 Å². The maximum Gasteiger partial charge on any atom is 0.341 e. The number of hydrogen-bond acceptors (Lipinski definition) is 4. The van der Waals surface area contributed by atoms with Crippen LogP contribution in [0.15, 0.2) is 0 Å². The maximum atomic E-state index is 12.5. The van der Waals surface area contributed by atoms with Crippen molar-refractivity contribution in [1.29, 1.82) is 0 Å². The summed E-state index contributed by atoms with van der Waals surface area (Å²) >= 11 is 13.6. The van der Waals surface area contributed by atoms with Crippen molar-refractivity contribution in [3.05, 3.63) is 16.0 Å². The van der Waals surface area contributed by atoms with E-state index in [1.807, 2.05) is 0 Å². The van der Waals surface area contributed by atoms with E-state index in [0.717, 1.165) is 36.1 Å². The second-order valence-electron chi connectivity index (χ2n) is 6.07. The number of carbonyl (C=O) groups excluding carboxylic acids is 2. The SMILES string of the molecule is COC(=O)c1c(NC(=O)[C@@]2(C)CC2(Cl)Cl)sc2c1CCCC2. The molecule has 1 N–H and O–H groups in total. The van der Waals surface area contributed by atoms with Crippen LogP contribution in [0.4, 0.5) is 5.00 Å². The molecule has 2 aliphatic rings. The Labute approximate surface area is 143 Å². The molecule has 22 heavy (non-hydrogen) atoms. The lowest BCUT2D eigenvalue weighted by atomic mass is 9.95. The first-order valence-corrected chi connectivity index (χ1v) is 8.79. The quantitative estimate of drug-likeness (QED) is 0.655. The first kappa shape index (κ1) is 16.1. The molecule has 4 nitrogen and oxygen atoms in total. The van der Waals surface area contributed by atoms with Crippen LogP contribution in [0.25, 0.3) is 0 Å². The number of amides is 1. The van der Waals surface area contributed by atoms with Crippen molar-refractivity contribution in [2.45, 2.75) is 43.4 Å². The van der Waals surface area contributed by atoms with Crippen molar-refractivity contribution in [3.8, 4) is 0 Å². The summed E-state index contributed by atoms with van der Waals surface area (Å²) in [4.78, 5) is 25.7. The smallest absolute Gasteiger partial charge is 0.341 e. The van der Waals surface area contributed by atoms with Gasteiger partial charge in [-0.1, -0.05) is 0 Å². The molecule has 120 valence electrons. The number of nitrogens with one attached hydrogen (secondary N) is 1. The summed E-state index contributed by atoms with van der Waals surface area (Å²) in [5, 5.41) is 3.41. The highest BCUT2D eigenvalue weighted by atomic mass is 35.5. The molecule has 3 rings (SSSR count). The minimum absolute atomic E-state index is 0.249. The predicted molar refractivity (Wildman–Crippen MR) is 88.1 cm³/mol. The molecule has 0 spiro atoms. The van der Waals surface area contributed by atoms with Crippen molar-refractivity contribution in [1.82, 2.24) is 0 Å². The molecule has 0 aliphatic heterocycles. The van der Waals surface area contributed by atoms with Crippen LogP contribution in [0.1, 0.15) is 47.0 Å². The zero-order valence-corrected chi connectivity index (χ0v) is 14.8. The van der Waals surface area contributed by atoms with Gasteiger partial charge in [0.15, 0.2) is 0 Å². The van der Waals surface area contributed by atoms with Gasteiger partial charge in [0.2, 0.25) is 5.91 Å². The van der Waals surface area contributed by atoms with Gasteiger partial charge in [0.1, 0.15) is 9.33 Å². The van der Waals surface area contributed by atoms with Crippen LogP contribution in [0.5, 0.6) is 0 Å². The maximum absolute atomic E-state index is 12.5. The normalized spacial score (nSPS) is 25.3. The van der Waals surface area contributed by atoms with Gasteiger partial charge in [0, 0.05) is 4.88 Å². The topological polar surface area (TPSA) is 55.4 Å². The number of esters is 1. The standard InChI is InChI=1S/C15H17Cl2NO3S/c1-14(7-15(14,16)17)13(20)18-11-10(12(19)21-2)8-5-3-4-6-9(8)22-11/h3-7H2,1-2H3,(H,18,20)/t14-/m1/s1. The minimum Gasteiger partial charge on any atom is -0.465 e. The molecular formula is C15H17Cl2NO3S. The third kappa shape index (κ3) is 2.43. The second kappa shape index (κ2) is 5.39. The zero-order valence-electron chi connectivity index (χ0n) is 12.4. The van der Waals surface area contributed by atoms with Gasteiger partial charge in [-0.25, -0.2) is 4.79 Å². The Bertz CT molecular complexity index is 655. The third-order valence-electron chi connectivity index (χ3n) is 4.55. The van der Waals surface area contributed by atoms with Gasteiger partial charge in [-0.15, -0.1) is 34.5 Å². The highest BCUT2D eigenvalue weighted by Gasteiger charge is 2.68. The number of alkyl halides is 2. The van der Waals surface area contributed by atoms with E-state index >= 15 is 0 Å². The van der Waals surface area contributed by atoms with Gasteiger partial charge in [0.25, 0.3) is 0 Å². The van der Waals surface area contributed by atoms with Crippen molar-refractivity contribution in [3.63, 3.8) is 0 Å². The number of methoxy groups -OCH3 is 1. The van der Waals surface area contributed by atoms with Crippen LogP contribution in [0, 0.1) is 5.41 Å². The van der Waals surface area contributed by atoms with Crippen molar-refractivity contribution in [2.24, 2.45) is 5.41 Å². The van der Waals surface area contributed by atoms with E-state index in [2.05, 4.69) is 5.32 Å². The van der Waals surface area contributed by atoms with Crippen molar-refractivity contribution < 1.29 is 14.3 Å². The van der Waals surface area contributed by atoms with Crippen LogP contribution in [-0.4, -0.2) is 23.3 Å². The zero-order chi connectivity index (χ0) is 16.1. The van der Waals surface area contributed by atoms with Crippen LogP contribution in [-0.2, 0) is 22.4 Å². The number of hydrogen-bond donors (Lipinski definition) is 1. The Morgan fingerprint density at radius 2 is 1.91 bits per heavy atom. The van der Waals surface area contributed by atoms with Gasteiger partial charge in [-0.2, -0.15) is 0 Å². The molecule has 1 aromatic heterocycles. The fourth-order valence-electron chi connectivity index (χ4n) is 2.86. The summed E-state index contributed by atoms with van der Waals surface area (Å²) in [5.74, 6) is -0.653. The number of carbonyl (C=O) groups is 2. The number of aryl methyl sites for hydroxylation is 1. The van der Waals surface area contributed by atoms with Crippen LogP contribution < -0.4 is 5.32 Å². The Morgan fingerprint density at radius 3 is 2.50 bits per heavy atom. The fraction of sp³-hybridized carbons (Fsp3) is 0.600. The number of thiophene rings is 1. The summed E-state index contributed by atoms with van der Waals surface area (Å²) in [6.07, 6.45) is 4.34. The number of ether oxygens (including phenoxy) is 1. The average molecular weight is 362 g/mol. The number of fused-ring (bicyclic) bond motifs is 1. The molecule has 0 saturated heterocycles. The lowest BCUT2D eigenvalue weighted by Crippen LogP contribution is -2.26. The molecule has 0 bridgehead atoms. The van der Waals surface area contributed by atoms with Crippen LogP contribution in [0.3, 0.4) is 0 Å². The Kier molecular flexibility index (Phi) is 3.94. The summed E-state index contributed by atoms with van der Waals surface area (Å²) in [6.45, 7) is 1.73. The molecule has 7 heteroatoms. The molecule has 1 atom stereocenters. The Morgan fingerprint density at radius 1 is 1.27 bits per heavy atom. The van der Waals surface area contributed by atoms with E-state index < -0.39 is 15.7 Å². The van der Waals surface area contributed by atoms with E-state index in [4.69, 9.17) is 27.9 Å².